The SMILES string of the molecule is I.NC(=NCc1cccc(N2CCCC2=O)c1)NC1CCOc2ccccc21. The van der Waals surface area contributed by atoms with Crippen LogP contribution in [0.1, 0.15) is 36.4 Å². The van der Waals surface area contributed by atoms with Crippen molar-refractivity contribution in [3.63, 3.8) is 0 Å². The number of benzene rings is 2. The van der Waals surface area contributed by atoms with Gasteiger partial charge in [-0.1, -0.05) is 30.3 Å². The minimum Gasteiger partial charge on any atom is -0.493 e. The molecule has 7 heteroatoms. The van der Waals surface area contributed by atoms with Gasteiger partial charge in [-0.2, -0.15) is 0 Å². The number of ether oxygens (including phenoxy) is 1. The highest BCUT2D eigenvalue weighted by Crippen LogP contribution is 2.31. The highest BCUT2D eigenvalue weighted by atomic mass is 127. The highest BCUT2D eigenvalue weighted by Gasteiger charge is 2.22. The molecular weight excluding hydrogens is 467 g/mol. The smallest absolute Gasteiger partial charge is 0.227 e. The molecule has 6 nitrogen and oxygen atoms in total. The molecule has 1 atom stereocenters. The third kappa shape index (κ3) is 4.57. The van der Waals surface area contributed by atoms with Crippen LogP contribution in [0, 0.1) is 0 Å². The van der Waals surface area contributed by atoms with Crippen molar-refractivity contribution in [2.24, 2.45) is 10.7 Å². The summed E-state index contributed by atoms with van der Waals surface area (Å²) in [5, 5.41) is 3.31. The maximum absolute atomic E-state index is 11.9. The Morgan fingerprint density at radius 2 is 2.11 bits per heavy atom. The Labute approximate surface area is 182 Å². The number of amides is 1. The number of hydrogen-bond acceptors (Lipinski definition) is 3. The van der Waals surface area contributed by atoms with E-state index in [0.717, 1.165) is 42.0 Å². The van der Waals surface area contributed by atoms with Crippen molar-refractivity contribution in [1.29, 1.82) is 0 Å². The molecule has 2 heterocycles. The Morgan fingerprint density at radius 3 is 2.93 bits per heavy atom. The standard InChI is InChI=1S/C21H24N4O2.HI/c22-21(24-18-10-12-27-19-8-2-1-7-17(18)19)23-14-15-5-3-6-16(13-15)25-11-4-9-20(25)26;/h1-3,5-8,13,18H,4,9-12,14H2,(H3,22,23,24);1H. The zero-order chi connectivity index (χ0) is 18.6. The van der Waals surface area contributed by atoms with Gasteiger partial charge in [0.25, 0.3) is 0 Å². The van der Waals surface area contributed by atoms with Gasteiger partial charge in [0.2, 0.25) is 5.91 Å². The molecular formula is C21H25IN4O2. The number of halogens is 1. The normalized spacial score (nSPS) is 18.9. The lowest BCUT2D eigenvalue weighted by molar-refractivity contribution is -0.117. The van der Waals surface area contributed by atoms with E-state index in [4.69, 9.17) is 10.5 Å². The van der Waals surface area contributed by atoms with E-state index in [1.54, 1.807) is 0 Å². The van der Waals surface area contributed by atoms with Gasteiger partial charge < -0.3 is 20.7 Å². The highest BCUT2D eigenvalue weighted by molar-refractivity contribution is 14.0. The summed E-state index contributed by atoms with van der Waals surface area (Å²) >= 11 is 0. The van der Waals surface area contributed by atoms with Crippen molar-refractivity contribution >= 4 is 41.5 Å². The summed E-state index contributed by atoms with van der Waals surface area (Å²) in [6.07, 6.45) is 2.40. The summed E-state index contributed by atoms with van der Waals surface area (Å²) in [6.45, 7) is 1.92. The van der Waals surface area contributed by atoms with E-state index in [9.17, 15) is 4.79 Å². The van der Waals surface area contributed by atoms with Gasteiger partial charge in [-0.25, -0.2) is 4.99 Å². The lowest BCUT2D eigenvalue weighted by Gasteiger charge is -2.26. The number of rotatable bonds is 4. The third-order valence-electron chi connectivity index (χ3n) is 5.01. The topological polar surface area (TPSA) is 80.0 Å². The lowest BCUT2D eigenvalue weighted by Crippen LogP contribution is -2.37. The Bertz CT molecular complexity index is 871. The van der Waals surface area contributed by atoms with E-state index >= 15 is 0 Å². The molecule has 0 spiro atoms. The van der Waals surface area contributed by atoms with E-state index in [1.165, 1.54) is 0 Å². The van der Waals surface area contributed by atoms with Gasteiger partial charge >= 0.3 is 0 Å². The number of fused-ring (bicyclic) bond motifs is 1. The van der Waals surface area contributed by atoms with E-state index in [1.807, 2.05) is 47.4 Å². The first-order valence-corrected chi connectivity index (χ1v) is 9.38. The first kappa shape index (κ1) is 20.4. The minimum atomic E-state index is 0. The van der Waals surface area contributed by atoms with E-state index < -0.39 is 0 Å². The number of para-hydroxylation sites is 1. The van der Waals surface area contributed by atoms with Crippen LogP contribution in [0.25, 0.3) is 0 Å². The molecule has 1 amide bonds. The van der Waals surface area contributed by atoms with Crippen LogP contribution in [-0.4, -0.2) is 25.0 Å². The second-order valence-electron chi connectivity index (χ2n) is 6.89. The summed E-state index contributed by atoms with van der Waals surface area (Å²) in [5.41, 5.74) is 9.20. The number of nitrogens with two attached hydrogens (primary N) is 1. The quantitative estimate of drug-likeness (QED) is 0.390. The molecule has 0 aromatic heterocycles. The van der Waals surface area contributed by atoms with Gasteiger partial charge in [-0.15, -0.1) is 24.0 Å². The van der Waals surface area contributed by atoms with Crippen LogP contribution in [0.2, 0.25) is 0 Å². The van der Waals surface area contributed by atoms with E-state index in [2.05, 4.69) is 16.4 Å². The Balaban J connectivity index is 0.00000225. The largest absolute Gasteiger partial charge is 0.493 e. The molecule has 3 N–H and O–H groups in total. The van der Waals surface area contributed by atoms with Crippen LogP contribution in [-0.2, 0) is 11.3 Å². The fourth-order valence-electron chi connectivity index (χ4n) is 3.64. The average Bonchev–Trinajstić information content (AvgIpc) is 3.13. The zero-order valence-corrected chi connectivity index (χ0v) is 18.0. The van der Waals surface area contributed by atoms with Gasteiger partial charge in [0.05, 0.1) is 19.2 Å². The second kappa shape index (κ2) is 9.27. The van der Waals surface area contributed by atoms with Crippen LogP contribution in [0.5, 0.6) is 5.75 Å². The maximum Gasteiger partial charge on any atom is 0.227 e. The van der Waals surface area contributed by atoms with E-state index in [0.29, 0.717) is 25.5 Å². The number of anilines is 1. The summed E-state index contributed by atoms with van der Waals surface area (Å²) < 4.78 is 5.68. The molecule has 1 saturated heterocycles. The molecule has 0 aliphatic carbocycles. The molecule has 2 aliphatic heterocycles. The Hall–Kier alpha value is -2.29. The van der Waals surface area contributed by atoms with Crippen LogP contribution >= 0.6 is 24.0 Å². The molecule has 28 heavy (non-hydrogen) atoms. The van der Waals surface area contributed by atoms with Crippen molar-refractivity contribution in [2.75, 3.05) is 18.1 Å². The zero-order valence-electron chi connectivity index (χ0n) is 15.6. The molecule has 0 bridgehead atoms. The third-order valence-corrected chi connectivity index (χ3v) is 5.01. The molecule has 1 fully saturated rings. The number of hydrogen-bond donors (Lipinski definition) is 2. The fourth-order valence-corrected chi connectivity index (χ4v) is 3.64. The van der Waals surface area contributed by atoms with Crippen LogP contribution < -0.4 is 20.7 Å². The summed E-state index contributed by atoms with van der Waals surface area (Å²) in [7, 11) is 0. The van der Waals surface area contributed by atoms with Crippen molar-refractivity contribution in [3.8, 4) is 5.75 Å². The molecule has 4 rings (SSSR count). The Kier molecular flexibility index (Phi) is 6.77. The minimum absolute atomic E-state index is 0. The summed E-state index contributed by atoms with van der Waals surface area (Å²) in [6, 6.07) is 16.1. The predicted molar refractivity (Wildman–Crippen MR) is 121 cm³/mol. The predicted octanol–water partition coefficient (Wildman–Crippen LogP) is 3.36. The molecule has 2 aromatic rings. The number of aliphatic imine (C=N–C) groups is 1. The van der Waals surface area contributed by atoms with Crippen LogP contribution in [0.4, 0.5) is 5.69 Å². The maximum atomic E-state index is 11.9. The number of guanidine groups is 1. The van der Waals surface area contributed by atoms with Gasteiger partial charge in [0.15, 0.2) is 5.96 Å². The number of carbonyl (C=O) groups is 1. The molecule has 0 saturated carbocycles. The Morgan fingerprint density at radius 1 is 1.25 bits per heavy atom. The van der Waals surface area contributed by atoms with Crippen LogP contribution in [0.15, 0.2) is 53.5 Å². The number of carbonyl (C=O) groups excluding carboxylic acids is 1. The summed E-state index contributed by atoms with van der Waals surface area (Å²) in [5.74, 6) is 1.51. The fraction of sp³-hybridized carbons (Fsp3) is 0.333. The molecule has 1 unspecified atom stereocenters. The summed E-state index contributed by atoms with van der Waals surface area (Å²) in [4.78, 5) is 18.3. The van der Waals surface area contributed by atoms with Crippen molar-refractivity contribution in [1.82, 2.24) is 5.32 Å². The van der Waals surface area contributed by atoms with Crippen LogP contribution in [0.3, 0.4) is 0 Å². The monoisotopic (exact) mass is 492 g/mol. The molecule has 0 radical (unpaired) electrons. The lowest BCUT2D eigenvalue weighted by atomic mass is 10.0. The molecule has 2 aromatic carbocycles. The van der Waals surface area contributed by atoms with Gasteiger partial charge in [-0.3, -0.25) is 4.79 Å². The van der Waals surface area contributed by atoms with E-state index in [-0.39, 0.29) is 35.9 Å². The number of nitrogens with zero attached hydrogens (tertiary/aromatic N) is 2. The van der Waals surface area contributed by atoms with Gasteiger partial charge in [0, 0.05) is 30.6 Å². The number of nitrogens with one attached hydrogen (secondary N) is 1. The first-order valence-electron chi connectivity index (χ1n) is 9.38. The second-order valence-corrected chi connectivity index (χ2v) is 6.89. The van der Waals surface area contributed by atoms with Crippen molar-refractivity contribution in [2.45, 2.75) is 31.8 Å². The molecule has 148 valence electrons. The average molecular weight is 492 g/mol. The van der Waals surface area contributed by atoms with Crippen molar-refractivity contribution < 1.29 is 9.53 Å². The molecule has 2 aliphatic rings. The van der Waals surface area contributed by atoms with Gasteiger partial charge in [0.1, 0.15) is 5.75 Å². The van der Waals surface area contributed by atoms with Gasteiger partial charge in [-0.05, 0) is 30.2 Å². The first-order chi connectivity index (χ1) is 13.2. The van der Waals surface area contributed by atoms with Crippen molar-refractivity contribution in [3.05, 3.63) is 59.7 Å².